The van der Waals surface area contributed by atoms with E-state index in [4.69, 9.17) is 37.9 Å². The molecule has 13 atom stereocenters. The number of esters is 2. The maximum Gasteiger partial charge on any atom is 0.306 e. The van der Waals surface area contributed by atoms with Crippen LogP contribution in [0.4, 0.5) is 0 Å². The number of unbranched alkanes of at least 4 members (excludes halogenated alkanes) is 15. The minimum absolute atomic E-state index is 0.0219. The third-order valence-electron chi connectivity index (χ3n) is 18.7. The number of carbonyl (C=O) groups excluding carboxylic acids is 2. The summed E-state index contributed by atoms with van der Waals surface area (Å²) in [7, 11) is 3.52. The van der Waals surface area contributed by atoms with E-state index >= 15 is 0 Å². The van der Waals surface area contributed by atoms with Crippen LogP contribution in [0.3, 0.4) is 0 Å². The molecule has 0 aromatic heterocycles. The summed E-state index contributed by atoms with van der Waals surface area (Å²) in [6, 6.07) is 0. The normalized spacial score (nSPS) is 31.6. The second-order valence-corrected chi connectivity index (χ2v) is 26.1. The number of hydrogen-bond acceptors (Lipinski definition) is 10. The van der Waals surface area contributed by atoms with Gasteiger partial charge in [-0.1, -0.05) is 181 Å². The molecule has 0 radical (unpaired) electrons. The first-order valence-corrected chi connectivity index (χ1v) is 33.1. The summed E-state index contributed by atoms with van der Waals surface area (Å²) in [4.78, 5) is 26.3. The lowest BCUT2D eigenvalue weighted by Gasteiger charge is -2.44. The quantitative estimate of drug-likeness (QED) is 0.0192. The molecule has 0 bridgehead atoms. The van der Waals surface area contributed by atoms with Crippen LogP contribution >= 0.6 is 0 Å². The van der Waals surface area contributed by atoms with E-state index < -0.39 is 0 Å². The van der Waals surface area contributed by atoms with Crippen LogP contribution < -0.4 is 0 Å². The smallest absolute Gasteiger partial charge is 0.306 e. The summed E-state index contributed by atoms with van der Waals surface area (Å²) in [6.07, 6.45) is 60.7. The summed E-state index contributed by atoms with van der Waals surface area (Å²) in [5, 5.41) is 0. The van der Waals surface area contributed by atoms with E-state index in [-0.39, 0.29) is 82.8 Å². The molecular weight excluding hydrogens is 1020 g/mol. The Labute approximate surface area is 498 Å². The molecule has 0 aromatic rings. The molecular formula is C72H114O10. The van der Waals surface area contributed by atoms with Gasteiger partial charge in [0.05, 0.1) is 37.3 Å². The highest BCUT2D eigenvalue weighted by Gasteiger charge is 2.74. The van der Waals surface area contributed by atoms with Gasteiger partial charge in [0.25, 0.3) is 0 Å². The lowest BCUT2D eigenvalue weighted by molar-refractivity contribution is -0.173. The van der Waals surface area contributed by atoms with E-state index in [9.17, 15) is 9.59 Å². The van der Waals surface area contributed by atoms with Crippen LogP contribution in [0, 0.1) is 17.8 Å². The van der Waals surface area contributed by atoms with E-state index in [0.29, 0.717) is 18.8 Å². The van der Waals surface area contributed by atoms with Gasteiger partial charge in [0.1, 0.15) is 46.8 Å². The first-order valence-electron chi connectivity index (χ1n) is 33.1. The molecule has 6 fully saturated rings. The Morgan fingerprint density at radius 2 is 0.988 bits per heavy atom. The number of epoxide rings is 4. The van der Waals surface area contributed by atoms with Crippen molar-refractivity contribution in [3.05, 3.63) is 96.2 Å². The molecule has 4 heterocycles. The van der Waals surface area contributed by atoms with Crippen molar-refractivity contribution in [2.45, 2.75) is 300 Å². The first kappa shape index (κ1) is 67.7. The fraction of sp³-hybridized carbons (Fsp3) is 0.750. The molecule has 4 aliphatic heterocycles. The highest BCUT2D eigenvalue weighted by Crippen LogP contribution is 2.63. The highest BCUT2D eigenvalue weighted by atomic mass is 16.6. The molecule has 4 saturated heterocycles. The van der Waals surface area contributed by atoms with Crippen molar-refractivity contribution in [1.29, 1.82) is 0 Å². The molecule has 2 spiro atoms. The summed E-state index contributed by atoms with van der Waals surface area (Å²) in [5.74, 6) is 0.336. The molecule has 462 valence electrons. The molecule has 6 rings (SSSR count). The molecule has 10 heteroatoms. The van der Waals surface area contributed by atoms with Crippen molar-refractivity contribution in [1.82, 2.24) is 0 Å². The van der Waals surface area contributed by atoms with Gasteiger partial charge >= 0.3 is 11.9 Å². The maximum atomic E-state index is 13.3. The Balaban J connectivity index is 0.797. The van der Waals surface area contributed by atoms with Gasteiger partial charge in [0, 0.05) is 27.1 Å². The van der Waals surface area contributed by atoms with Gasteiger partial charge in [-0.3, -0.25) is 9.59 Å². The lowest BCUT2D eigenvalue weighted by atomic mass is 9.65. The summed E-state index contributed by atoms with van der Waals surface area (Å²) >= 11 is 0. The van der Waals surface area contributed by atoms with Crippen LogP contribution in [-0.2, 0) is 47.5 Å². The fourth-order valence-electron chi connectivity index (χ4n) is 13.8. The van der Waals surface area contributed by atoms with Crippen molar-refractivity contribution in [2.75, 3.05) is 27.4 Å². The molecule has 0 amide bonds. The van der Waals surface area contributed by atoms with Crippen LogP contribution in [0.5, 0.6) is 0 Å². The Bertz CT molecular complexity index is 2130. The highest BCUT2D eigenvalue weighted by molar-refractivity contribution is 5.70. The summed E-state index contributed by atoms with van der Waals surface area (Å²) in [6.45, 7) is 16.8. The monoisotopic (exact) mass is 1140 g/mol. The minimum atomic E-state index is -0.345. The standard InChI is InChI=1S/C72H114O10/c1-10-11-12-13-14-15-16-17-18-19-22-25-28-32-35-38-41-44-64(74)80-60-50-52-71(55-78-71)68(66(60)76-9)72(62(82-72)48-46-57(4)5)53-58(6)42-39-36-33-30-27-24-21-20-23-26-29-31-34-37-40-43-63(73)79-59-49-51-70(54-77-70)67(65(59)75-8)69(7)61(81-69)47-45-56(2)3/h13-18,20,23,25,28,32,35,45-46,58-62,65-68H,10-12,19,21-22,24,26-27,29-31,33-34,36-44,47-55H2,1-9H3. The molecule has 2 saturated carbocycles. The molecule has 82 heavy (non-hydrogen) atoms. The zero-order chi connectivity index (χ0) is 58.7. The number of carbonyl (C=O) groups is 2. The number of hydrogen-bond donors (Lipinski definition) is 0. The summed E-state index contributed by atoms with van der Waals surface area (Å²) < 4.78 is 50.5. The molecule has 13 unspecified atom stereocenters. The Hall–Kier alpha value is -3.38. The van der Waals surface area contributed by atoms with Crippen molar-refractivity contribution in [3.63, 3.8) is 0 Å². The van der Waals surface area contributed by atoms with Crippen LogP contribution in [0.25, 0.3) is 0 Å². The number of methoxy groups -OCH3 is 2. The van der Waals surface area contributed by atoms with Gasteiger partial charge in [-0.15, -0.1) is 0 Å². The predicted molar refractivity (Wildman–Crippen MR) is 334 cm³/mol. The third kappa shape index (κ3) is 21.5. The average Bonchev–Trinajstić information content (AvgIpc) is 1.70. The van der Waals surface area contributed by atoms with Crippen molar-refractivity contribution < 1.29 is 47.5 Å². The average molecular weight is 1140 g/mol. The van der Waals surface area contributed by atoms with E-state index in [0.717, 1.165) is 122 Å². The summed E-state index contributed by atoms with van der Waals surface area (Å²) in [5.41, 5.74) is 1.46. The van der Waals surface area contributed by atoms with Gasteiger partial charge < -0.3 is 37.9 Å². The molecule has 0 aromatic carbocycles. The van der Waals surface area contributed by atoms with Gasteiger partial charge in [0.15, 0.2) is 0 Å². The van der Waals surface area contributed by atoms with E-state index in [1.54, 1.807) is 14.2 Å². The second kappa shape index (κ2) is 35.3. The maximum absolute atomic E-state index is 13.3. The first-order chi connectivity index (χ1) is 39.8. The topological polar surface area (TPSA) is 121 Å². The van der Waals surface area contributed by atoms with Crippen molar-refractivity contribution in [2.24, 2.45) is 17.8 Å². The Morgan fingerprint density at radius 3 is 1.52 bits per heavy atom. The number of allylic oxidation sites excluding steroid dienone is 14. The van der Waals surface area contributed by atoms with Crippen LogP contribution in [-0.4, -0.2) is 98.4 Å². The predicted octanol–water partition coefficient (Wildman–Crippen LogP) is 17.6. The van der Waals surface area contributed by atoms with E-state index in [2.05, 4.69) is 134 Å². The largest absolute Gasteiger partial charge is 0.460 e. The molecule has 10 nitrogen and oxygen atoms in total. The van der Waals surface area contributed by atoms with Gasteiger partial charge in [-0.2, -0.15) is 0 Å². The lowest BCUT2D eigenvalue weighted by Crippen LogP contribution is -2.56. The van der Waals surface area contributed by atoms with Crippen molar-refractivity contribution >= 4 is 11.9 Å². The second-order valence-electron chi connectivity index (χ2n) is 26.1. The van der Waals surface area contributed by atoms with Crippen molar-refractivity contribution in [3.8, 4) is 0 Å². The van der Waals surface area contributed by atoms with Crippen LogP contribution in [0.1, 0.15) is 241 Å². The van der Waals surface area contributed by atoms with Crippen LogP contribution in [0.2, 0.25) is 0 Å². The molecule has 2 aliphatic carbocycles. The Kier molecular flexibility index (Phi) is 29.2. The van der Waals surface area contributed by atoms with Gasteiger partial charge in [0.2, 0.25) is 0 Å². The van der Waals surface area contributed by atoms with E-state index in [1.165, 1.54) is 81.8 Å². The molecule has 0 N–H and O–H groups in total. The fourth-order valence-corrected chi connectivity index (χ4v) is 13.8. The van der Waals surface area contributed by atoms with Gasteiger partial charge in [-0.25, -0.2) is 0 Å². The SMILES string of the molecule is CCCCC=CC=CC=CCCC=CC=CCCCC(=O)OC1CCC2(CO2)C(C2(CC(C)CCCCCCCCC=CCCCCCCCC(=O)OC3CCC4(CO4)C(C4(C)OC4CC=C(C)C)C3OC)OC2CC=C(C)C)C1OC. The van der Waals surface area contributed by atoms with Crippen LogP contribution in [0.15, 0.2) is 96.2 Å². The minimum Gasteiger partial charge on any atom is -0.460 e. The zero-order valence-corrected chi connectivity index (χ0v) is 53.0. The number of rotatable bonds is 42. The molecule has 6 aliphatic rings. The zero-order valence-electron chi connectivity index (χ0n) is 53.0. The van der Waals surface area contributed by atoms with E-state index in [1.807, 2.05) is 0 Å². The number of ether oxygens (including phenoxy) is 8. The third-order valence-corrected chi connectivity index (χ3v) is 18.7. The Morgan fingerprint density at radius 1 is 0.537 bits per heavy atom. The van der Waals surface area contributed by atoms with Gasteiger partial charge in [-0.05, 0) is 150 Å².